The van der Waals surface area contributed by atoms with Crippen LogP contribution in [0, 0.1) is 6.92 Å². The lowest BCUT2D eigenvalue weighted by Gasteiger charge is -2.24. The molecule has 6 heteroatoms. The minimum Gasteiger partial charge on any atom is -0.348 e. The molecule has 1 aliphatic heterocycles. The fraction of sp³-hybridized carbons (Fsp3) is 0.667. The van der Waals surface area contributed by atoms with Gasteiger partial charge in [0.2, 0.25) is 5.91 Å². The molecule has 2 heterocycles. The molecule has 0 aliphatic carbocycles. The number of hydrogen-bond donors (Lipinski definition) is 2. The van der Waals surface area contributed by atoms with Gasteiger partial charge in [0.05, 0.1) is 18.3 Å². The molecule has 0 radical (unpaired) electrons. The van der Waals surface area contributed by atoms with Crippen molar-refractivity contribution in [2.75, 3.05) is 18.1 Å². The summed E-state index contributed by atoms with van der Waals surface area (Å²) in [6.45, 7) is 4.92. The third-order valence-electron chi connectivity index (χ3n) is 3.34. The van der Waals surface area contributed by atoms with E-state index in [9.17, 15) is 4.79 Å². The van der Waals surface area contributed by atoms with E-state index in [0.717, 1.165) is 29.3 Å². The van der Waals surface area contributed by atoms with Crippen LogP contribution in [-0.2, 0) is 11.8 Å². The van der Waals surface area contributed by atoms with Crippen molar-refractivity contribution in [2.24, 2.45) is 7.05 Å². The fourth-order valence-electron chi connectivity index (χ4n) is 2.07. The van der Waals surface area contributed by atoms with E-state index in [1.807, 2.05) is 43.5 Å². The lowest BCUT2D eigenvalue weighted by Crippen LogP contribution is -2.49. The molecule has 1 fully saturated rings. The van der Waals surface area contributed by atoms with Crippen LogP contribution in [0.3, 0.4) is 0 Å². The Labute approximate surface area is 112 Å². The number of aromatic nitrogens is 2. The number of nitrogens with one attached hydrogen (secondary N) is 2. The molecule has 0 spiro atoms. The summed E-state index contributed by atoms with van der Waals surface area (Å²) in [7, 11) is 1.91. The van der Waals surface area contributed by atoms with Gasteiger partial charge in [-0.15, -0.1) is 0 Å². The third-order valence-corrected chi connectivity index (χ3v) is 4.40. The molecule has 2 unspecified atom stereocenters. The van der Waals surface area contributed by atoms with Gasteiger partial charge in [0.15, 0.2) is 0 Å². The zero-order valence-electron chi connectivity index (χ0n) is 11.1. The fourth-order valence-corrected chi connectivity index (χ4v) is 3.00. The molecular formula is C12H20N4OS. The molecule has 1 aromatic rings. The number of aryl methyl sites for hydroxylation is 1. The van der Waals surface area contributed by atoms with Crippen molar-refractivity contribution in [3.8, 4) is 0 Å². The summed E-state index contributed by atoms with van der Waals surface area (Å²) in [5.41, 5.74) is 2.17. The van der Waals surface area contributed by atoms with Gasteiger partial charge in [-0.1, -0.05) is 0 Å². The number of rotatable bonds is 3. The van der Waals surface area contributed by atoms with Crippen molar-refractivity contribution < 1.29 is 4.79 Å². The van der Waals surface area contributed by atoms with Crippen LogP contribution >= 0.6 is 11.8 Å². The van der Waals surface area contributed by atoms with E-state index in [2.05, 4.69) is 15.7 Å². The minimum atomic E-state index is -0.0665. The molecule has 2 rings (SSSR count). The van der Waals surface area contributed by atoms with E-state index in [0.29, 0.717) is 0 Å². The van der Waals surface area contributed by atoms with Crippen LogP contribution in [0.5, 0.6) is 0 Å². The smallest absolute Gasteiger partial charge is 0.238 e. The van der Waals surface area contributed by atoms with Gasteiger partial charge in [-0.05, 0) is 13.8 Å². The SMILES string of the molecule is Cc1c(C(C)NC(=O)C2CSCCN2)cnn1C. The highest BCUT2D eigenvalue weighted by atomic mass is 32.2. The molecule has 18 heavy (non-hydrogen) atoms. The average Bonchev–Trinajstić information content (AvgIpc) is 2.71. The number of amides is 1. The first-order valence-electron chi connectivity index (χ1n) is 6.19. The third kappa shape index (κ3) is 2.87. The lowest BCUT2D eigenvalue weighted by molar-refractivity contribution is -0.123. The van der Waals surface area contributed by atoms with Gasteiger partial charge in [-0.2, -0.15) is 16.9 Å². The van der Waals surface area contributed by atoms with Crippen molar-refractivity contribution in [3.63, 3.8) is 0 Å². The number of nitrogens with zero attached hydrogens (tertiary/aromatic N) is 2. The number of carbonyl (C=O) groups is 1. The van der Waals surface area contributed by atoms with Gasteiger partial charge >= 0.3 is 0 Å². The molecule has 0 saturated carbocycles. The van der Waals surface area contributed by atoms with E-state index < -0.39 is 0 Å². The van der Waals surface area contributed by atoms with Gasteiger partial charge in [0, 0.05) is 36.4 Å². The first kappa shape index (κ1) is 13.4. The van der Waals surface area contributed by atoms with Crippen LogP contribution in [0.1, 0.15) is 24.2 Å². The van der Waals surface area contributed by atoms with Gasteiger partial charge in [0.1, 0.15) is 0 Å². The second-order valence-corrected chi connectivity index (χ2v) is 5.77. The average molecular weight is 268 g/mol. The Bertz CT molecular complexity index is 426. The van der Waals surface area contributed by atoms with Gasteiger partial charge < -0.3 is 10.6 Å². The molecule has 2 atom stereocenters. The second kappa shape index (κ2) is 5.75. The van der Waals surface area contributed by atoms with Crippen LogP contribution in [0.25, 0.3) is 0 Å². The Morgan fingerprint density at radius 1 is 1.72 bits per heavy atom. The number of hydrogen-bond acceptors (Lipinski definition) is 4. The van der Waals surface area contributed by atoms with Gasteiger partial charge in [-0.25, -0.2) is 0 Å². The monoisotopic (exact) mass is 268 g/mol. The van der Waals surface area contributed by atoms with Crippen molar-refractivity contribution in [1.29, 1.82) is 0 Å². The standard InChI is InChI=1S/C12H20N4OS/c1-8(10-6-14-16(3)9(10)2)15-12(17)11-7-18-5-4-13-11/h6,8,11,13H,4-5,7H2,1-3H3,(H,15,17). The summed E-state index contributed by atoms with van der Waals surface area (Å²) in [4.78, 5) is 12.1. The molecule has 0 aromatic carbocycles. The number of thioether (sulfide) groups is 1. The zero-order chi connectivity index (χ0) is 13.1. The molecule has 2 N–H and O–H groups in total. The maximum atomic E-state index is 12.1. The van der Waals surface area contributed by atoms with Crippen molar-refractivity contribution in [3.05, 3.63) is 17.5 Å². The second-order valence-electron chi connectivity index (χ2n) is 4.62. The first-order valence-corrected chi connectivity index (χ1v) is 7.35. The maximum Gasteiger partial charge on any atom is 0.238 e. The lowest BCUT2D eigenvalue weighted by atomic mass is 10.1. The molecule has 100 valence electrons. The van der Waals surface area contributed by atoms with Crippen LogP contribution in [0.15, 0.2) is 6.20 Å². The van der Waals surface area contributed by atoms with Crippen LogP contribution in [-0.4, -0.2) is 39.8 Å². The molecular weight excluding hydrogens is 248 g/mol. The first-order chi connectivity index (χ1) is 8.59. The molecule has 5 nitrogen and oxygen atoms in total. The Kier molecular flexibility index (Phi) is 4.29. The number of carbonyl (C=O) groups excluding carboxylic acids is 1. The predicted molar refractivity (Wildman–Crippen MR) is 73.6 cm³/mol. The van der Waals surface area contributed by atoms with E-state index >= 15 is 0 Å². The Morgan fingerprint density at radius 2 is 2.50 bits per heavy atom. The summed E-state index contributed by atoms with van der Waals surface area (Å²) in [5.74, 6) is 2.02. The van der Waals surface area contributed by atoms with Gasteiger partial charge in [0.25, 0.3) is 0 Å². The minimum absolute atomic E-state index is 0.0000680. The maximum absolute atomic E-state index is 12.1. The van der Waals surface area contributed by atoms with Crippen molar-refractivity contribution in [2.45, 2.75) is 25.9 Å². The molecule has 1 aromatic heterocycles. The van der Waals surface area contributed by atoms with E-state index in [-0.39, 0.29) is 18.0 Å². The van der Waals surface area contributed by atoms with Crippen LogP contribution in [0.4, 0.5) is 0 Å². The Hall–Kier alpha value is -1.01. The summed E-state index contributed by atoms with van der Waals surface area (Å²) >= 11 is 1.82. The summed E-state index contributed by atoms with van der Waals surface area (Å²) < 4.78 is 1.83. The van der Waals surface area contributed by atoms with E-state index in [1.165, 1.54) is 0 Å². The normalized spacial score (nSPS) is 21.6. The highest BCUT2D eigenvalue weighted by Crippen LogP contribution is 2.16. The molecule has 1 aliphatic rings. The largest absolute Gasteiger partial charge is 0.348 e. The van der Waals surface area contributed by atoms with Gasteiger partial charge in [-0.3, -0.25) is 9.48 Å². The Morgan fingerprint density at radius 3 is 3.06 bits per heavy atom. The molecule has 1 saturated heterocycles. The summed E-state index contributed by atoms with van der Waals surface area (Å²) in [5, 5.41) is 10.5. The van der Waals surface area contributed by atoms with Crippen LogP contribution < -0.4 is 10.6 Å². The molecule has 1 amide bonds. The summed E-state index contributed by atoms with van der Waals surface area (Å²) in [6.07, 6.45) is 1.82. The summed E-state index contributed by atoms with van der Waals surface area (Å²) in [6, 6.07) is -0.0666. The van der Waals surface area contributed by atoms with Crippen LogP contribution in [0.2, 0.25) is 0 Å². The van der Waals surface area contributed by atoms with Crippen molar-refractivity contribution in [1.82, 2.24) is 20.4 Å². The zero-order valence-corrected chi connectivity index (χ0v) is 11.9. The Balaban J connectivity index is 1.96. The van der Waals surface area contributed by atoms with Crippen molar-refractivity contribution >= 4 is 17.7 Å². The highest BCUT2D eigenvalue weighted by molar-refractivity contribution is 7.99. The highest BCUT2D eigenvalue weighted by Gasteiger charge is 2.23. The molecule has 0 bridgehead atoms. The van der Waals surface area contributed by atoms with E-state index in [1.54, 1.807) is 0 Å². The topological polar surface area (TPSA) is 59.0 Å². The van der Waals surface area contributed by atoms with E-state index in [4.69, 9.17) is 0 Å². The predicted octanol–water partition coefficient (Wildman–Crippen LogP) is 0.611. The quantitative estimate of drug-likeness (QED) is 0.843.